The Hall–Kier alpha value is -2.67. The van der Waals surface area contributed by atoms with E-state index in [9.17, 15) is 4.79 Å². The van der Waals surface area contributed by atoms with Crippen molar-refractivity contribution in [2.75, 3.05) is 26.8 Å². The van der Waals surface area contributed by atoms with Crippen molar-refractivity contribution in [1.82, 2.24) is 20.0 Å². The standard InChI is InChI=1S/C20H24N4O3/c1-26-10-8-18-22-20(27-23-18)14-5-4-9-24(13-14)19(25)11-15-12-21-17-7-3-2-6-16(15)17/h2-3,6-7,12,14,21H,4-5,8-11,13H2,1H3/t14-/m0/s1. The van der Waals surface area contributed by atoms with Crippen LogP contribution in [0.15, 0.2) is 35.0 Å². The maximum Gasteiger partial charge on any atom is 0.231 e. The van der Waals surface area contributed by atoms with Crippen LogP contribution in [0.4, 0.5) is 0 Å². The Morgan fingerprint density at radius 3 is 3.19 bits per heavy atom. The lowest BCUT2D eigenvalue weighted by Crippen LogP contribution is -2.40. The molecule has 142 valence electrons. The van der Waals surface area contributed by atoms with Crippen LogP contribution in [0.1, 0.15) is 36.0 Å². The third-order valence-corrected chi connectivity index (χ3v) is 5.15. The van der Waals surface area contributed by atoms with E-state index in [0.717, 1.165) is 35.9 Å². The number of fused-ring (bicyclic) bond motifs is 1. The van der Waals surface area contributed by atoms with E-state index < -0.39 is 0 Å². The van der Waals surface area contributed by atoms with Gasteiger partial charge in [0.25, 0.3) is 0 Å². The smallest absolute Gasteiger partial charge is 0.231 e. The molecule has 7 heteroatoms. The van der Waals surface area contributed by atoms with Crippen molar-refractivity contribution in [3.63, 3.8) is 0 Å². The third-order valence-electron chi connectivity index (χ3n) is 5.15. The van der Waals surface area contributed by atoms with Crippen molar-refractivity contribution in [3.8, 4) is 0 Å². The summed E-state index contributed by atoms with van der Waals surface area (Å²) in [7, 11) is 1.65. The Balaban J connectivity index is 1.41. The number of rotatable bonds is 6. The van der Waals surface area contributed by atoms with Crippen LogP contribution in [0.2, 0.25) is 0 Å². The minimum absolute atomic E-state index is 0.106. The summed E-state index contributed by atoms with van der Waals surface area (Å²) >= 11 is 0. The number of amides is 1. The Bertz CT molecular complexity index is 917. The highest BCUT2D eigenvalue weighted by Crippen LogP contribution is 2.27. The number of benzene rings is 1. The summed E-state index contributed by atoms with van der Waals surface area (Å²) in [5.74, 6) is 1.54. The molecule has 1 amide bonds. The van der Waals surface area contributed by atoms with Gasteiger partial charge in [0.05, 0.1) is 18.9 Å². The fourth-order valence-electron chi connectivity index (χ4n) is 3.69. The molecule has 2 aromatic heterocycles. The molecule has 1 aliphatic heterocycles. The van der Waals surface area contributed by atoms with Gasteiger partial charge in [-0.25, -0.2) is 0 Å². The molecular weight excluding hydrogens is 344 g/mol. The average Bonchev–Trinajstić information content (AvgIpc) is 3.34. The van der Waals surface area contributed by atoms with Crippen molar-refractivity contribution in [3.05, 3.63) is 47.7 Å². The first kappa shape index (κ1) is 17.7. The lowest BCUT2D eigenvalue weighted by atomic mass is 9.97. The van der Waals surface area contributed by atoms with Gasteiger partial charge in [-0.15, -0.1) is 0 Å². The molecule has 1 atom stereocenters. The van der Waals surface area contributed by atoms with Gasteiger partial charge in [0.15, 0.2) is 5.82 Å². The zero-order chi connectivity index (χ0) is 18.6. The summed E-state index contributed by atoms with van der Waals surface area (Å²) in [6.07, 6.45) is 4.88. The van der Waals surface area contributed by atoms with Crippen LogP contribution >= 0.6 is 0 Å². The first-order valence-corrected chi connectivity index (χ1v) is 9.39. The highest BCUT2D eigenvalue weighted by Gasteiger charge is 2.28. The maximum absolute atomic E-state index is 12.9. The van der Waals surface area contributed by atoms with E-state index in [0.29, 0.717) is 37.7 Å². The van der Waals surface area contributed by atoms with Crippen molar-refractivity contribution in [1.29, 1.82) is 0 Å². The first-order valence-electron chi connectivity index (χ1n) is 9.39. The zero-order valence-corrected chi connectivity index (χ0v) is 15.5. The normalized spacial score (nSPS) is 17.5. The molecular formula is C20H24N4O3. The molecule has 27 heavy (non-hydrogen) atoms. The predicted molar refractivity (Wildman–Crippen MR) is 100 cm³/mol. The molecule has 0 unspecified atom stereocenters. The van der Waals surface area contributed by atoms with E-state index >= 15 is 0 Å². The summed E-state index contributed by atoms with van der Waals surface area (Å²) in [5.41, 5.74) is 2.10. The molecule has 3 heterocycles. The van der Waals surface area contributed by atoms with Crippen molar-refractivity contribution in [2.24, 2.45) is 0 Å². The molecule has 1 aromatic carbocycles. The van der Waals surface area contributed by atoms with Gasteiger partial charge < -0.3 is 19.1 Å². The third kappa shape index (κ3) is 3.88. The second-order valence-electron chi connectivity index (χ2n) is 7.01. The van der Waals surface area contributed by atoms with Gasteiger partial charge in [-0.1, -0.05) is 23.4 Å². The van der Waals surface area contributed by atoms with Crippen LogP contribution in [-0.4, -0.2) is 52.7 Å². The number of methoxy groups -OCH3 is 1. The molecule has 0 aliphatic carbocycles. The summed E-state index contributed by atoms with van der Waals surface area (Å²) < 4.78 is 10.5. The molecule has 1 aliphatic rings. The number of aromatic nitrogens is 3. The van der Waals surface area contributed by atoms with Gasteiger partial charge in [-0.05, 0) is 24.5 Å². The quantitative estimate of drug-likeness (QED) is 0.723. The minimum Gasteiger partial charge on any atom is -0.384 e. The number of nitrogens with one attached hydrogen (secondary N) is 1. The van der Waals surface area contributed by atoms with Crippen LogP contribution in [0.3, 0.4) is 0 Å². The Morgan fingerprint density at radius 1 is 1.41 bits per heavy atom. The highest BCUT2D eigenvalue weighted by atomic mass is 16.5. The number of likely N-dealkylation sites (tertiary alicyclic amines) is 1. The molecule has 3 aromatic rings. The number of nitrogens with zero attached hydrogens (tertiary/aromatic N) is 3. The van der Waals surface area contributed by atoms with Crippen LogP contribution in [0.25, 0.3) is 10.9 Å². The largest absolute Gasteiger partial charge is 0.384 e. The molecule has 1 saturated heterocycles. The van der Waals surface area contributed by atoms with E-state index in [2.05, 4.69) is 15.1 Å². The lowest BCUT2D eigenvalue weighted by Gasteiger charge is -2.31. The van der Waals surface area contributed by atoms with E-state index in [1.165, 1.54) is 0 Å². The SMILES string of the molecule is COCCc1noc([C@H]2CCCN(C(=O)Cc3c[nH]c4ccccc34)C2)n1. The number of carbonyl (C=O) groups excluding carboxylic acids is 1. The number of hydrogen-bond donors (Lipinski definition) is 1. The second-order valence-corrected chi connectivity index (χ2v) is 7.01. The number of H-pyrrole nitrogens is 1. The average molecular weight is 368 g/mol. The number of aromatic amines is 1. The molecule has 1 fully saturated rings. The molecule has 7 nitrogen and oxygen atoms in total. The Morgan fingerprint density at radius 2 is 2.30 bits per heavy atom. The van der Waals surface area contributed by atoms with Crippen LogP contribution in [0, 0.1) is 0 Å². The number of piperidine rings is 1. The fraction of sp³-hybridized carbons (Fsp3) is 0.450. The summed E-state index contributed by atoms with van der Waals surface area (Å²) in [6.45, 7) is 1.98. The van der Waals surface area contributed by atoms with Crippen molar-refractivity contribution >= 4 is 16.8 Å². The van der Waals surface area contributed by atoms with Crippen LogP contribution in [0.5, 0.6) is 0 Å². The van der Waals surface area contributed by atoms with Crippen LogP contribution in [-0.2, 0) is 22.4 Å². The monoisotopic (exact) mass is 368 g/mol. The van der Waals surface area contributed by atoms with Gasteiger partial charge in [-0.3, -0.25) is 4.79 Å². The topological polar surface area (TPSA) is 84.3 Å². The van der Waals surface area contributed by atoms with E-state index in [1.807, 2.05) is 35.4 Å². The van der Waals surface area contributed by atoms with Gasteiger partial charge in [-0.2, -0.15) is 4.98 Å². The molecule has 1 N–H and O–H groups in total. The predicted octanol–water partition coefficient (Wildman–Crippen LogP) is 2.69. The first-order chi connectivity index (χ1) is 13.2. The van der Waals surface area contributed by atoms with E-state index in [-0.39, 0.29) is 11.8 Å². The lowest BCUT2D eigenvalue weighted by molar-refractivity contribution is -0.131. The maximum atomic E-state index is 12.9. The van der Waals surface area contributed by atoms with Crippen molar-refractivity contribution < 1.29 is 14.1 Å². The van der Waals surface area contributed by atoms with E-state index in [4.69, 9.17) is 9.26 Å². The Kier molecular flexibility index (Phi) is 5.20. The van der Waals surface area contributed by atoms with Crippen LogP contribution < -0.4 is 0 Å². The fourth-order valence-corrected chi connectivity index (χ4v) is 3.69. The molecule has 0 spiro atoms. The molecule has 0 saturated carbocycles. The van der Waals surface area contributed by atoms with Gasteiger partial charge >= 0.3 is 0 Å². The molecule has 4 rings (SSSR count). The number of carbonyl (C=O) groups is 1. The molecule has 0 bridgehead atoms. The van der Waals surface area contributed by atoms with E-state index in [1.54, 1.807) is 7.11 Å². The number of para-hydroxylation sites is 1. The zero-order valence-electron chi connectivity index (χ0n) is 15.5. The van der Waals surface area contributed by atoms with Gasteiger partial charge in [0.2, 0.25) is 11.8 Å². The highest BCUT2D eigenvalue weighted by molar-refractivity contribution is 5.88. The summed E-state index contributed by atoms with van der Waals surface area (Å²) in [5, 5.41) is 5.13. The van der Waals surface area contributed by atoms with Gasteiger partial charge in [0.1, 0.15) is 0 Å². The summed E-state index contributed by atoms with van der Waals surface area (Å²) in [6, 6.07) is 8.06. The Labute approximate surface area is 157 Å². The second kappa shape index (κ2) is 7.92. The summed E-state index contributed by atoms with van der Waals surface area (Å²) in [4.78, 5) is 22.5. The number of hydrogen-bond acceptors (Lipinski definition) is 5. The molecule has 0 radical (unpaired) electrons. The minimum atomic E-state index is 0.106. The van der Waals surface area contributed by atoms with Gasteiger partial charge in [0, 0.05) is 43.7 Å². The van der Waals surface area contributed by atoms with Crippen molar-refractivity contribution in [2.45, 2.75) is 31.6 Å². The number of ether oxygens (including phenoxy) is 1.